The van der Waals surface area contributed by atoms with Gasteiger partial charge in [-0.2, -0.15) is 0 Å². The van der Waals surface area contributed by atoms with E-state index in [9.17, 15) is 9.59 Å². The summed E-state index contributed by atoms with van der Waals surface area (Å²) in [4.78, 5) is 26.1. The molecular weight excluding hydrogens is 374 g/mol. The van der Waals surface area contributed by atoms with Crippen molar-refractivity contribution < 1.29 is 9.59 Å². The van der Waals surface area contributed by atoms with Gasteiger partial charge in [0.1, 0.15) is 0 Å². The average Bonchev–Trinajstić information content (AvgIpc) is 2.98. The van der Waals surface area contributed by atoms with E-state index in [4.69, 9.17) is 0 Å². The minimum Gasteiger partial charge on any atom is -0.274 e. The Morgan fingerprint density at radius 3 is 1.86 bits per heavy atom. The molecule has 0 spiro atoms. The first-order valence-corrected chi connectivity index (χ1v) is 12.0. The van der Waals surface area contributed by atoms with E-state index in [1.165, 1.54) is 48.6 Å². The van der Waals surface area contributed by atoms with Gasteiger partial charge < -0.3 is 0 Å². The molecule has 1 aliphatic heterocycles. The van der Waals surface area contributed by atoms with E-state index in [0.29, 0.717) is 17.7 Å². The molecule has 1 aliphatic rings. The number of imide groups is 1. The van der Waals surface area contributed by atoms with E-state index in [2.05, 4.69) is 37.3 Å². The Labute approximate surface area is 177 Å². The smallest absolute Gasteiger partial charge is 0.261 e. The van der Waals surface area contributed by atoms with Crippen molar-refractivity contribution >= 4 is 26.5 Å². The molecule has 0 saturated carbocycles. The van der Waals surface area contributed by atoms with Crippen LogP contribution in [-0.4, -0.2) is 32.8 Å². The SMILES string of the molecule is CC(CCCCCCCCCN1C(=O)c2ccccc2C1=O)[Si]c1ccccc1. The lowest BCUT2D eigenvalue weighted by atomic mass is 10.1. The van der Waals surface area contributed by atoms with Crippen LogP contribution in [0.15, 0.2) is 54.6 Å². The van der Waals surface area contributed by atoms with Crippen LogP contribution >= 0.6 is 0 Å². The lowest BCUT2D eigenvalue weighted by Crippen LogP contribution is -2.30. The quantitative estimate of drug-likeness (QED) is 0.275. The lowest BCUT2D eigenvalue weighted by Gasteiger charge is -2.13. The van der Waals surface area contributed by atoms with Gasteiger partial charge in [-0.3, -0.25) is 14.5 Å². The Balaban J connectivity index is 1.21. The fraction of sp³-hybridized carbons (Fsp3) is 0.440. The Morgan fingerprint density at radius 1 is 0.724 bits per heavy atom. The molecule has 2 aromatic rings. The molecule has 2 radical (unpaired) electrons. The van der Waals surface area contributed by atoms with Gasteiger partial charge in [0.05, 0.1) is 20.6 Å². The maximum Gasteiger partial charge on any atom is 0.261 e. The zero-order chi connectivity index (χ0) is 20.5. The second kappa shape index (κ2) is 11.1. The Kier molecular flexibility index (Phi) is 8.23. The molecule has 3 nitrogen and oxygen atoms in total. The van der Waals surface area contributed by atoms with Crippen molar-refractivity contribution in [1.82, 2.24) is 4.90 Å². The molecular formula is C25H31NO2Si. The van der Waals surface area contributed by atoms with Crippen LogP contribution in [0.5, 0.6) is 0 Å². The highest BCUT2D eigenvalue weighted by atomic mass is 28.2. The van der Waals surface area contributed by atoms with Gasteiger partial charge in [0.25, 0.3) is 11.8 Å². The van der Waals surface area contributed by atoms with Crippen LogP contribution < -0.4 is 5.19 Å². The average molecular weight is 406 g/mol. The maximum atomic E-state index is 12.3. The summed E-state index contributed by atoms with van der Waals surface area (Å²) in [6.45, 7) is 2.91. The highest BCUT2D eigenvalue weighted by molar-refractivity contribution is 6.54. The van der Waals surface area contributed by atoms with Gasteiger partial charge in [0.2, 0.25) is 0 Å². The predicted molar refractivity (Wildman–Crippen MR) is 120 cm³/mol. The number of carbonyl (C=O) groups is 2. The van der Waals surface area contributed by atoms with Gasteiger partial charge in [0.15, 0.2) is 0 Å². The van der Waals surface area contributed by atoms with Gasteiger partial charge in [-0.25, -0.2) is 0 Å². The number of fused-ring (bicyclic) bond motifs is 1. The molecule has 0 aliphatic carbocycles. The van der Waals surface area contributed by atoms with Crippen molar-refractivity contribution in [1.29, 1.82) is 0 Å². The van der Waals surface area contributed by atoms with E-state index in [1.807, 2.05) is 12.1 Å². The second-order valence-corrected chi connectivity index (χ2v) is 9.83. The number of unbranched alkanes of at least 4 members (excludes halogenated alkanes) is 6. The van der Waals surface area contributed by atoms with Crippen molar-refractivity contribution in [2.45, 2.75) is 63.8 Å². The van der Waals surface area contributed by atoms with Crippen LogP contribution in [0.25, 0.3) is 0 Å². The van der Waals surface area contributed by atoms with Gasteiger partial charge >= 0.3 is 0 Å². The predicted octanol–water partition coefficient (Wildman–Crippen LogP) is 5.24. The first kappa shape index (κ1) is 21.5. The van der Waals surface area contributed by atoms with E-state index in [-0.39, 0.29) is 11.8 Å². The monoisotopic (exact) mass is 405 g/mol. The first-order valence-electron chi connectivity index (χ1n) is 10.9. The van der Waals surface area contributed by atoms with E-state index in [1.54, 1.807) is 12.1 Å². The van der Waals surface area contributed by atoms with Crippen LogP contribution in [0.3, 0.4) is 0 Å². The Morgan fingerprint density at radius 2 is 1.24 bits per heavy atom. The Hall–Kier alpha value is -2.20. The van der Waals surface area contributed by atoms with Crippen molar-refractivity contribution in [3.05, 3.63) is 65.7 Å². The molecule has 2 amide bonds. The fourth-order valence-corrected chi connectivity index (χ4v) is 5.24. The normalized spacial score (nSPS) is 14.3. The number of hydrogen-bond acceptors (Lipinski definition) is 2. The molecule has 3 rings (SSSR count). The molecule has 4 heteroatoms. The van der Waals surface area contributed by atoms with Crippen molar-refractivity contribution in [2.75, 3.05) is 6.54 Å². The van der Waals surface area contributed by atoms with Gasteiger partial charge in [-0.05, 0) is 24.1 Å². The third-order valence-corrected chi connectivity index (χ3v) is 7.03. The van der Waals surface area contributed by atoms with Crippen molar-refractivity contribution in [3.8, 4) is 0 Å². The molecule has 2 aromatic carbocycles. The summed E-state index contributed by atoms with van der Waals surface area (Å²) in [5, 5.41) is 1.47. The van der Waals surface area contributed by atoms with E-state index < -0.39 is 0 Å². The van der Waals surface area contributed by atoms with E-state index >= 15 is 0 Å². The molecule has 1 unspecified atom stereocenters. The van der Waals surface area contributed by atoms with Crippen LogP contribution in [-0.2, 0) is 0 Å². The topological polar surface area (TPSA) is 37.4 Å². The number of hydrogen-bond donors (Lipinski definition) is 0. The van der Waals surface area contributed by atoms with Crippen LogP contribution in [0.4, 0.5) is 0 Å². The third-order valence-electron chi connectivity index (χ3n) is 5.58. The summed E-state index contributed by atoms with van der Waals surface area (Å²) in [5.41, 5.74) is 1.89. The third kappa shape index (κ3) is 6.14. The molecule has 152 valence electrons. The summed E-state index contributed by atoms with van der Waals surface area (Å²) in [6.07, 6.45) is 9.64. The second-order valence-electron chi connectivity index (χ2n) is 7.98. The standard InChI is InChI=1S/C25H31NO2Si/c1-20(29-21-15-9-7-10-16-21)14-8-5-3-2-4-6-13-19-26-24(27)22-17-11-12-18-23(22)25(26)28/h7,9-12,15-18,20H,2-6,8,13-14,19H2,1H3. The Bertz CT molecular complexity index is 770. The van der Waals surface area contributed by atoms with Gasteiger partial charge in [0, 0.05) is 6.54 Å². The number of benzene rings is 2. The highest BCUT2D eigenvalue weighted by Gasteiger charge is 2.34. The van der Waals surface area contributed by atoms with E-state index in [0.717, 1.165) is 27.9 Å². The number of nitrogens with zero attached hydrogens (tertiary/aromatic N) is 1. The largest absolute Gasteiger partial charge is 0.274 e. The molecule has 0 N–H and O–H groups in total. The maximum absolute atomic E-state index is 12.3. The molecule has 1 heterocycles. The molecule has 0 saturated heterocycles. The summed E-state index contributed by atoms with van der Waals surface area (Å²) >= 11 is 0. The zero-order valence-corrected chi connectivity index (χ0v) is 18.4. The lowest BCUT2D eigenvalue weighted by molar-refractivity contribution is 0.0651. The number of rotatable bonds is 12. The zero-order valence-electron chi connectivity index (χ0n) is 17.4. The van der Waals surface area contributed by atoms with Crippen LogP contribution in [0.2, 0.25) is 5.54 Å². The summed E-state index contributed by atoms with van der Waals surface area (Å²) in [5.74, 6) is -0.258. The summed E-state index contributed by atoms with van der Waals surface area (Å²) in [7, 11) is 0.917. The fourth-order valence-electron chi connectivity index (χ4n) is 3.94. The molecule has 29 heavy (non-hydrogen) atoms. The molecule has 0 bridgehead atoms. The molecule has 0 fully saturated rings. The number of amides is 2. The molecule has 1 atom stereocenters. The molecule has 0 aromatic heterocycles. The van der Waals surface area contributed by atoms with Crippen molar-refractivity contribution in [2.24, 2.45) is 0 Å². The highest BCUT2D eigenvalue weighted by Crippen LogP contribution is 2.23. The first-order chi connectivity index (χ1) is 14.2. The van der Waals surface area contributed by atoms with Gasteiger partial charge in [-0.15, -0.1) is 0 Å². The van der Waals surface area contributed by atoms with Crippen LogP contribution in [0.1, 0.15) is 79.0 Å². The van der Waals surface area contributed by atoms with Gasteiger partial charge in [-0.1, -0.05) is 99.5 Å². The number of carbonyl (C=O) groups excluding carboxylic acids is 2. The van der Waals surface area contributed by atoms with Crippen molar-refractivity contribution in [3.63, 3.8) is 0 Å². The van der Waals surface area contributed by atoms with Crippen LogP contribution in [0, 0.1) is 0 Å². The minimum absolute atomic E-state index is 0.129. The summed E-state index contributed by atoms with van der Waals surface area (Å²) < 4.78 is 0. The summed E-state index contributed by atoms with van der Waals surface area (Å²) in [6, 6.07) is 17.9. The minimum atomic E-state index is -0.129.